The summed E-state index contributed by atoms with van der Waals surface area (Å²) in [7, 11) is 3.12. The molecular formula is C24H20N2O6. The Kier molecular flexibility index (Phi) is 6.97. The summed E-state index contributed by atoms with van der Waals surface area (Å²) in [6.45, 7) is 0. The number of rotatable bonds is 8. The lowest BCUT2D eigenvalue weighted by Gasteiger charge is -2.04. The molecule has 0 spiro atoms. The van der Waals surface area contributed by atoms with Gasteiger partial charge in [0.1, 0.15) is 11.5 Å². The molecule has 0 fully saturated rings. The van der Waals surface area contributed by atoms with Gasteiger partial charge in [-0.05, 0) is 53.6 Å². The van der Waals surface area contributed by atoms with Crippen molar-refractivity contribution in [3.63, 3.8) is 0 Å². The molecule has 0 amide bonds. The molecule has 0 saturated heterocycles. The summed E-state index contributed by atoms with van der Waals surface area (Å²) in [5.74, 6) is 1.38. The van der Waals surface area contributed by atoms with Crippen LogP contribution < -0.4 is 9.47 Å². The average Bonchev–Trinajstić information content (AvgIpc) is 2.81. The summed E-state index contributed by atoms with van der Waals surface area (Å²) in [6, 6.07) is 16.7. The fraction of sp³-hybridized carbons (Fsp3) is 0.0833. The topological polar surface area (TPSA) is 105 Å². The first-order valence-corrected chi connectivity index (χ1v) is 9.52. The summed E-state index contributed by atoms with van der Waals surface area (Å²) >= 11 is 0. The van der Waals surface area contributed by atoms with Crippen molar-refractivity contribution in [3.8, 4) is 11.5 Å². The van der Waals surface area contributed by atoms with Crippen LogP contribution in [0.4, 0.5) is 11.4 Å². The maximum absolute atomic E-state index is 11.5. The van der Waals surface area contributed by atoms with Crippen LogP contribution in [-0.2, 0) is 0 Å². The molecule has 0 heterocycles. The van der Waals surface area contributed by atoms with E-state index in [0.717, 1.165) is 17.2 Å². The number of ether oxygens (including phenoxy) is 2. The molecule has 3 aromatic rings. The second kappa shape index (κ2) is 10.0. The van der Waals surface area contributed by atoms with Crippen LogP contribution in [-0.4, -0.2) is 24.1 Å². The molecule has 8 nitrogen and oxygen atoms in total. The predicted octanol–water partition coefficient (Wildman–Crippen LogP) is 5.86. The number of nitrogens with zero attached hydrogens (tertiary/aromatic N) is 2. The highest BCUT2D eigenvalue weighted by atomic mass is 16.6. The van der Waals surface area contributed by atoms with Gasteiger partial charge in [0.25, 0.3) is 11.4 Å². The van der Waals surface area contributed by atoms with Gasteiger partial charge in [-0.3, -0.25) is 20.2 Å². The van der Waals surface area contributed by atoms with Crippen LogP contribution in [0.25, 0.3) is 24.3 Å². The maximum atomic E-state index is 11.5. The molecule has 0 aliphatic heterocycles. The molecule has 0 saturated carbocycles. The van der Waals surface area contributed by atoms with Crippen LogP contribution >= 0.6 is 0 Å². The zero-order valence-electron chi connectivity index (χ0n) is 17.4. The zero-order valence-corrected chi connectivity index (χ0v) is 17.4. The number of methoxy groups -OCH3 is 2. The quantitative estimate of drug-likeness (QED) is 0.251. The first kappa shape index (κ1) is 22.2. The fourth-order valence-corrected chi connectivity index (χ4v) is 3.00. The molecule has 0 unspecified atom stereocenters. The lowest BCUT2D eigenvalue weighted by molar-refractivity contribution is -0.394. The Balaban J connectivity index is 2.01. The lowest BCUT2D eigenvalue weighted by Crippen LogP contribution is -1.98. The van der Waals surface area contributed by atoms with E-state index >= 15 is 0 Å². The van der Waals surface area contributed by atoms with Crippen LogP contribution in [0.1, 0.15) is 22.3 Å². The highest BCUT2D eigenvalue weighted by molar-refractivity contribution is 5.81. The van der Waals surface area contributed by atoms with Gasteiger partial charge in [-0.15, -0.1) is 0 Å². The van der Waals surface area contributed by atoms with Gasteiger partial charge >= 0.3 is 0 Å². The average molecular weight is 432 g/mol. The summed E-state index contributed by atoms with van der Waals surface area (Å²) in [6.07, 6.45) is 6.53. The van der Waals surface area contributed by atoms with Crippen molar-refractivity contribution in [3.05, 3.63) is 103 Å². The third kappa shape index (κ3) is 5.37. The zero-order chi connectivity index (χ0) is 23.1. The van der Waals surface area contributed by atoms with Crippen molar-refractivity contribution in [1.82, 2.24) is 0 Å². The van der Waals surface area contributed by atoms with Gasteiger partial charge in [-0.25, -0.2) is 0 Å². The summed E-state index contributed by atoms with van der Waals surface area (Å²) in [5.41, 5.74) is 1.42. The van der Waals surface area contributed by atoms with Gasteiger partial charge in [-0.2, -0.15) is 0 Å². The largest absolute Gasteiger partial charge is 0.497 e. The summed E-state index contributed by atoms with van der Waals surface area (Å²) in [4.78, 5) is 21.8. The first-order valence-electron chi connectivity index (χ1n) is 9.52. The van der Waals surface area contributed by atoms with Gasteiger partial charge < -0.3 is 9.47 Å². The normalized spacial score (nSPS) is 11.1. The first-order chi connectivity index (χ1) is 15.4. The van der Waals surface area contributed by atoms with E-state index in [4.69, 9.17) is 9.47 Å². The Labute approximate surface area is 184 Å². The van der Waals surface area contributed by atoms with Gasteiger partial charge in [0.15, 0.2) is 0 Å². The molecule has 162 valence electrons. The van der Waals surface area contributed by atoms with Crippen molar-refractivity contribution >= 4 is 35.7 Å². The molecular weight excluding hydrogens is 412 g/mol. The standard InChI is InChI=1S/C24H20N2O6/c1-31-21-11-5-17(6-12-21)3-9-19-15-20(24(26(29)30)16-23(19)25(27)28)10-4-18-7-13-22(32-2)14-8-18/h3-16H,1-2H3/b9-3+,10-4+. The third-order valence-electron chi connectivity index (χ3n) is 4.71. The molecule has 3 rings (SSSR count). The van der Waals surface area contributed by atoms with Crippen LogP contribution in [0.15, 0.2) is 60.7 Å². The van der Waals surface area contributed by atoms with Gasteiger partial charge in [0.05, 0.1) is 41.3 Å². The number of nitro benzene ring substituents is 2. The van der Waals surface area contributed by atoms with E-state index < -0.39 is 9.85 Å². The fourth-order valence-electron chi connectivity index (χ4n) is 3.00. The predicted molar refractivity (Wildman–Crippen MR) is 124 cm³/mol. The van der Waals surface area contributed by atoms with E-state index in [2.05, 4.69) is 0 Å². The number of nitro groups is 2. The van der Waals surface area contributed by atoms with Gasteiger partial charge in [-0.1, -0.05) is 36.4 Å². The number of benzene rings is 3. The van der Waals surface area contributed by atoms with E-state index in [0.29, 0.717) is 11.5 Å². The van der Waals surface area contributed by atoms with Crippen molar-refractivity contribution < 1.29 is 19.3 Å². The maximum Gasteiger partial charge on any atom is 0.283 e. The molecule has 32 heavy (non-hydrogen) atoms. The van der Waals surface area contributed by atoms with Crippen LogP contribution in [0, 0.1) is 20.2 Å². The van der Waals surface area contributed by atoms with Crippen LogP contribution in [0.5, 0.6) is 11.5 Å². The lowest BCUT2D eigenvalue weighted by atomic mass is 10.0. The minimum Gasteiger partial charge on any atom is -0.497 e. The Morgan fingerprint density at radius 3 is 1.31 bits per heavy atom. The number of hydrogen-bond acceptors (Lipinski definition) is 6. The Bertz CT molecular complexity index is 1090. The van der Waals surface area contributed by atoms with Gasteiger partial charge in [0.2, 0.25) is 0 Å². The number of hydrogen-bond donors (Lipinski definition) is 0. The molecule has 0 bridgehead atoms. The second-order valence-electron chi connectivity index (χ2n) is 6.70. The van der Waals surface area contributed by atoms with Crippen molar-refractivity contribution in [2.75, 3.05) is 14.2 Å². The van der Waals surface area contributed by atoms with E-state index in [1.807, 2.05) is 0 Å². The monoisotopic (exact) mass is 432 g/mol. The highest BCUT2D eigenvalue weighted by Crippen LogP contribution is 2.32. The molecule has 0 aliphatic rings. The molecule has 0 atom stereocenters. The SMILES string of the molecule is COc1ccc(/C=C/c2cc(/C=C/c3ccc(OC)cc3)c([N+](=O)[O-])cc2[N+](=O)[O-])cc1. The van der Waals surface area contributed by atoms with Crippen molar-refractivity contribution in [1.29, 1.82) is 0 Å². The van der Waals surface area contributed by atoms with Crippen LogP contribution in [0.2, 0.25) is 0 Å². The molecule has 8 heteroatoms. The second-order valence-corrected chi connectivity index (χ2v) is 6.70. The highest BCUT2D eigenvalue weighted by Gasteiger charge is 2.22. The van der Waals surface area contributed by atoms with Crippen LogP contribution in [0.3, 0.4) is 0 Å². The molecule has 0 aliphatic carbocycles. The molecule has 3 aromatic carbocycles. The van der Waals surface area contributed by atoms with E-state index in [1.165, 1.54) is 6.07 Å². The third-order valence-corrected chi connectivity index (χ3v) is 4.71. The molecule has 0 N–H and O–H groups in total. The Morgan fingerprint density at radius 1 is 0.625 bits per heavy atom. The van der Waals surface area contributed by atoms with Crippen molar-refractivity contribution in [2.45, 2.75) is 0 Å². The van der Waals surface area contributed by atoms with Crippen molar-refractivity contribution in [2.24, 2.45) is 0 Å². The van der Waals surface area contributed by atoms with Gasteiger partial charge in [0, 0.05) is 0 Å². The Hall–Kier alpha value is -4.46. The summed E-state index contributed by atoms with van der Waals surface area (Å²) < 4.78 is 10.2. The Morgan fingerprint density at radius 2 is 1.00 bits per heavy atom. The molecule has 0 radical (unpaired) electrons. The molecule has 0 aromatic heterocycles. The minimum absolute atomic E-state index is 0.255. The van der Waals surface area contributed by atoms with E-state index in [-0.39, 0.29) is 22.5 Å². The van der Waals surface area contributed by atoms with E-state index in [1.54, 1.807) is 87.1 Å². The smallest absolute Gasteiger partial charge is 0.283 e. The van der Waals surface area contributed by atoms with E-state index in [9.17, 15) is 20.2 Å². The summed E-state index contributed by atoms with van der Waals surface area (Å²) in [5, 5.41) is 23.1. The minimum atomic E-state index is -0.627.